The minimum absolute atomic E-state index is 0.401. The molecule has 2 heteroatoms. The van der Waals surface area contributed by atoms with Gasteiger partial charge in [0.15, 0.2) is 0 Å². The lowest BCUT2D eigenvalue weighted by atomic mass is 9.96. The molecule has 2 fully saturated rings. The molecule has 0 aromatic heterocycles. The van der Waals surface area contributed by atoms with E-state index in [2.05, 4.69) is 17.7 Å². The van der Waals surface area contributed by atoms with E-state index < -0.39 is 0 Å². The molecule has 0 radical (unpaired) electrons. The molecule has 1 saturated heterocycles. The molecule has 1 N–H and O–H groups in total. The van der Waals surface area contributed by atoms with Crippen molar-refractivity contribution in [3.05, 3.63) is 0 Å². The van der Waals surface area contributed by atoms with Gasteiger partial charge in [-0.1, -0.05) is 26.7 Å². The first-order valence-corrected chi connectivity index (χ1v) is 7.08. The summed E-state index contributed by atoms with van der Waals surface area (Å²) < 4.78 is 0. The Labute approximate surface area is 107 Å². The Morgan fingerprint density at radius 3 is 1.88 bits per heavy atom. The summed E-state index contributed by atoms with van der Waals surface area (Å²) in [5.74, 6) is 0.595. The SMILES string of the molecule is C#C.CC.OCC1CCN(C2CCCC2)CC1. The van der Waals surface area contributed by atoms with Gasteiger partial charge in [0, 0.05) is 12.6 Å². The second kappa shape index (κ2) is 10.6. The van der Waals surface area contributed by atoms with Crippen molar-refractivity contribution in [2.45, 2.75) is 58.4 Å². The number of aliphatic hydroxyl groups excluding tert-OH is 1. The number of rotatable bonds is 2. The Hall–Kier alpha value is -0.520. The minimum Gasteiger partial charge on any atom is -0.396 e. The van der Waals surface area contributed by atoms with E-state index in [0.29, 0.717) is 12.5 Å². The molecule has 0 atom stereocenters. The molecule has 1 heterocycles. The average molecular weight is 239 g/mol. The molecule has 100 valence electrons. The van der Waals surface area contributed by atoms with Crippen LogP contribution in [-0.2, 0) is 0 Å². The topological polar surface area (TPSA) is 23.5 Å². The van der Waals surface area contributed by atoms with Crippen molar-refractivity contribution in [1.29, 1.82) is 0 Å². The van der Waals surface area contributed by atoms with Crippen molar-refractivity contribution >= 4 is 0 Å². The Morgan fingerprint density at radius 1 is 1.00 bits per heavy atom. The Bertz CT molecular complexity index is 177. The van der Waals surface area contributed by atoms with Gasteiger partial charge in [-0.3, -0.25) is 0 Å². The van der Waals surface area contributed by atoms with E-state index >= 15 is 0 Å². The van der Waals surface area contributed by atoms with Gasteiger partial charge in [-0.25, -0.2) is 0 Å². The highest BCUT2D eigenvalue weighted by molar-refractivity contribution is 4.81. The van der Waals surface area contributed by atoms with Crippen LogP contribution in [0.5, 0.6) is 0 Å². The monoisotopic (exact) mass is 239 g/mol. The second-order valence-corrected chi connectivity index (χ2v) is 4.60. The summed E-state index contributed by atoms with van der Waals surface area (Å²) in [6.45, 7) is 6.87. The van der Waals surface area contributed by atoms with E-state index in [-0.39, 0.29) is 0 Å². The molecular weight excluding hydrogens is 210 g/mol. The van der Waals surface area contributed by atoms with Gasteiger partial charge in [0.2, 0.25) is 0 Å². The number of hydrogen-bond donors (Lipinski definition) is 1. The van der Waals surface area contributed by atoms with Crippen LogP contribution in [0.1, 0.15) is 52.4 Å². The van der Waals surface area contributed by atoms with Crippen LogP contribution in [0.15, 0.2) is 0 Å². The van der Waals surface area contributed by atoms with Gasteiger partial charge in [0.1, 0.15) is 0 Å². The number of nitrogens with zero attached hydrogens (tertiary/aromatic N) is 1. The van der Waals surface area contributed by atoms with Crippen molar-refractivity contribution < 1.29 is 5.11 Å². The van der Waals surface area contributed by atoms with Gasteiger partial charge < -0.3 is 10.0 Å². The van der Waals surface area contributed by atoms with Crippen molar-refractivity contribution in [2.24, 2.45) is 5.92 Å². The lowest BCUT2D eigenvalue weighted by molar-refractivity contribution is 0.102. The van der Waals surface area contributed by atoms with Gasteiger partial charge >= 0.3 is 0 Å². The molecule has 2 nitrogen and oxygen atoms in total. The van der Waals surface area contributed by atoms with Crippen LogP contribution in [-0.4, -0.2) is 35.7 Å². The summed E-state index contributed by atoms with van der Waals surface area (Å²) >= 11 is 0. The number of aliphatic hydroxyl groups is 1. The molecule has 1 aliphatic heterocycles. The highest BCUT2D eigenvalue weighted by Gasteiger charge is 2.26. The zero-order valence-corrected chi connectivity index (χ0v) is 11.6. The fraction of sp³-hybridized carbons (Fsp3) is 0.867. The highest BCUT2D eigenvalue weighted by Crippen LogP contribution is 2.27. The first-order chi connectivity index (χ1) is 8.40. The number of hydrogen-bond acceptors (Lipinski definition) is 2. The van der Waals surface area contributed by atoms with Crippen LogP contribution in [0, 0.1) is 18.8 Å². The Morgan fingerprint density at radius 2 is 1.47 bits per heavy atom. The van der Waals surface area contributed by atoms with Crippen molar-refractivity contribution in [2.75, 3.05) is 19.7 Å². The van der Waals surface area contributed by atoms with Crippen molar-refractivity contribution in [3.8, 4) is 12.8 Å². The van der Waals surface area contributed by atoms with Crippen LogP contribution in [0.25, 0.3) is 0 Å². The predicted molar refractivity (Wildman–Crippen MR) is 74.9 cm³/mol. The summed E-state index contributed by atoms with van der Waals surface area (Å²) in [5, 5.41) is 9.02. The van der Waals surface area contributed by atoms with E-state index in [1.165, 1.54) is 51.6 Å². The molecule has 1 aliphatic carbocycles. The maximum Gasteiger partial charge on any atom is 0.0460 e. The summed E-state index contributed by atoms with van der Waals surface area (Å²) in [5.41, 5.74) is 0. The van der Waals surface area contributed by atoms with Gasteiger partial charge in [-0.05, 0) is 44.7 Å². The van der Waals surface area contributed by atoms with Gasteiger partial charge in [-0.15, -0.1) is 12.8 Å². The molecule has 0 unspecified atom stereocenters. The summed E-state index contributed by atoms with van der Waals surface area (Å²) in [6, 6.07) is 0.889. The minimum atomic E-state index is 0.401. The second-order valence-electron chi connectivity index (χ2n) is 4.60. The molecule has 0 aromatic rings. The van der Waals surface area contributed by atoms with E-state index in [1.807, 2.05) is 13.8 Å². The molecule has 0 bridgehead atoms. The fourth-order valence-electron chi connectivity index (χ4n) is 2.77. The van der Waals surface area contributed by atoms with Crippen LogP contribution in [0.4, 0.5) is 0 Å². The number of piperidine rings is 1. The summed E-state index contributed by atoms with van der Waals surface area (Å²) in [4.78, 5) is 2.65. The lowest BCUT2D eigenvalue weighted by Crippen LogP contribution is -2.40. The largest absolute Gasteiger partial charge is 0.396 e. The van der Waals surface area contributed by atoms with Crippen LogP contribution < -0.4 is 0 Å². The third kappa shape index (κ3) is 5.57. The first-order valence-electron chi connectivity index (χ1n) is 7.08. The average Bonchev–Trinajstić information content (AvgIpc) is 2.97. The number of likely N-dealkylation sites (tertiary alicyclic amines) is 1. The lowest BCUT2D eigenvalue weighted by Gasteiger charge is -2.35. The predicted octanol–water partition coefficient (Wildman–Crippen LogP) is 2.91. The maximum absolute atomic E-state index is 9.02. The molecule has 0 spiro atoms. The van der Waals surface area contributed by atoms with Crippen molar-refractivity contribution in [3.63, 3.8) is 0 Å². The molecule has 0 aromatic carbocycles. The zero-order valence-electron chi connectivity index (χ0n) is 11.6. The normalized spacial score (nSPS) is 22.2. The molecule has 2 aliphatic rings. The van der Waals surface area contributed by atoms with Crippen LogP contribution in [0.3, 0.4) is 0 Å². The molecule has 1 saturated carbocycles. The van der Waals surface area contributed by atoms with Crippen LogP contribution in [0.2, 0.25) is 0 Å². The Balaban J connectivity index is 0.000000581. The quantitative estimate of drug-likeness (QED) is 0.749. The first kappa shape index (κ1) is 16.5. The zero-order chi connectivity index (χ0) is 13.1. The standard InChI is InChI=1S/C11H21NO.C2H6.C2H2/c13-9-10-5-7-12(8-6-10)11-3-1-2-4-11;2*1-2/h10-11,13H,1-9H2;1-2H3;1-2H. The molecule has 17 heavy (non-hydrogen) atoms. The Kier molecular flexibility index (Phi) is 10.3. The fourth-order valence-corrected chi connectivity index (χ4v) is 2.77. The van der Waals surface area contributed by atoms with E-state index in [1.54, 1.807) is 0 Å². The van der Waals surface area contributed by atoms with Gasteiger partial charge in [-0.2, -0.15) is 0 Å². The van der Waals surface area contributed by atoms with Gasteiger partial charge in [0.05, 0.1) is 0 Å². The van der Waals surface area contributed by atoms with E-state index in [4.69, 9.17) is 5.11 Å². The summed E-state index contributed by atoms with van der Waals surface area (Å²) in [7, 11) is 0. The van der Waals surface area contributed by atoms with Crippen molar-refractivity contribution in [1.82, 2.24) is 4.90 Å². The molecule has 2 rings (SSSR count). The smallest absolute Gasteiger partial charge is 0.0460 e. The third-order valence-electron chi connectivity index (χ3n) is 3.75. The van der Waals surface area contributed by atoms with E-state index in [9.17, 15) is 0 Å². The highest BCUT2D eigenvalue weighted by atomic mass is 16.3. The number of terminal acetylenes is 1. The van der Waals surface area contributed by atoms with Gasteiger partial charge in [0.25, 0.3) is 0 Å². The molecular formula is C15H29NO. The molecule has 0 amide bonds. The van der Waals surface area contributed by atoms with E-state index in [0.717, 1.165) is 6.04 Å². The van der Waals surface area contributed by atoms with Crippen LogP contribution >= 0.6 is 0 Å². The third-order valence-corrected chi connectivity index (χ3v) is 3.75. The maximum atomic E-state index is 9.02. The summed E-state index contributed by atoms with van der Waals surface area (Å²) in [6.07, 6.45) is 16.1.